The number of hydrogen-bond donors (Lipinski definition) is 4. The summed E-state index contributed by atoms with van der Waals surface area (Å²) in [6.45, 7) is -0.241. The highest BCUT2D eigenvalue weighted by atomic mass is 16.5. The minimum absolute atomic E-state index is 0.00578. The maximum absolute atomic E-state index is 11.2. The van der Waals surface area contributed by atoms with E-state index >= 15 is 0 Å². The van der Waals surface area contributed by atoms with Crippen molar-refractivity contribution in [1.29, 1.82) is 0 Å². The van der Waals surface area contributed by atoms with Crippen molar-refractivity contribution < 1.29 is 34.6 Å². The molecule has 0 aliphatic carbocycles. The van der Waals surface area contributed by atoms with E-state index < -0.39 is 17.6 Å². The molecule has 0 aromatic heterocycles. The predicted octanol–water partition coefficient (Wildman–Crippen LogP) is 1.77. The molecule has 7 nitrogen and oxygen atoms in total. The molecule has 1 heterocycles. The molecule has 0 radical (unpaired) electrons. The predicted molar refractivity (Wildman–Crippen MR) is 97.2 cm³/mol. The second-order valence-corrected chi connectivity index (χ2v) is 6.74. The van der Waals surface area contributed by atoms with E-state index in [1.54, 1.807) is 24.3 Å². The van der Waals surface area contributed by atoms with Crippen LogP contribution >= 0.6 is 0 Å². The molecule has 27 heavy (non-hydrogen) atoms. The lowest BCUT2D eigenvalue weighted by Gasteiger charge is -2.29. The lowest BCUT2D eigenvalue weighted by Crippen LogP contribution is -2.41. The number of ether oxygens (including phenoxy) is 3. The first-order valence-corrected chi connectivity index (χ1v) is 8.59. The first-order chi connectivity index (χ1) is 12.9. The van der Waals surface area contributed by atoms with Gasteiger partial charge in [0.15, 0.2) is 23.0 Å². The van der Waals surface area contributed by atoms with Gasteiger partial charge in [-0.05, 0) is 35.4 Å². The average molecular weight is 376 g/mol. The maximum Gasteiger partial charge on any atom is 0.160 e. The molecular formula is C20H24O7. The summed E-state index contributed by atoms with van der Waals surface area (Å²) in [7, 11) is 2.91. The Morgan fingerprint density at radius 3 is 2.30 bits per heavy atom. The monoisotopic (exact) mass is 376 g/mol. The van der Waals surface area contributed by atoms with E-state index in [-0.39, 0.29) is 31.1 Å². The van der Waals surface area contributed by atoms with Gasteiger partial charge in [-0.15, -0.1) is 0 Å². The van der Waals surface area contributed by atoms with Gasteiger partial charge in [0.1, 0.15) is 0 Å². The molecule has 0 bridgehead atoms. The van der Waals surface area contributed by atoms with E-state index in [0.717, 1.165) is 5.56 Å². The molecule has 3 atom stereocenters. The van der Waals surface area contributed by atoms with Crippen LogP contribution in [0.3, 0.4) is 0 Å². The van der Waals surface area contributed by atoms with E-state index in [0.29, 0.717) is 17.1 Å². The van der Waals surface area contributed by atoms with Gasteiger partial charge in [0.2, 0.25) is 0 Å². The van der Waals surface area contributed by atoms with Crippen molar-refractivity contribution >= 4 is 0 Å². The minimum Gasteiger partial charge on any atom is -0.504 e. The summed E-state index contributed by atoms with van der Waals surface area (Å²) in [6, 6.07) is 9.66. The zero-order chi connectivity index (χ0) is 19.6. The Hall–Kier alpha value is -2.48. The molecule has 0 unspecified atom stereocenters. The van der Waals surface area contributed by atoms with Crippen LogP contribution in [0.1, 0.15) is 17.2 Å². The molecule has 7 heteroatoms. The molecule has 1 aliphatic heterocycles. The van der Waals surface area contributed by atoms with E-state index in [4.69, 9.17) is 14.2 Å². The Bertz CT molecular complexity index is 807. The zero-order valence-corrected chi connectivity index (χ0v) is 15.3. The lowest BCUT2D eigenvalue weighted by molar-refractivity contribution is -0.0150. The van der Waals surface area contributed by atoms with E-state index in [2.05, 4.69) is 0 Å². The maximum atomic E-state index is 11.2. The summed E-state index contributed by atoms with van der Waals surface area (Å²) >= 11 is 0. The summed E-state index contributed by atoms with van der Waals surface area (Å²) in [6.07, 6.45) is -0.325. The topological polar surface area (TPSA) is 109 Å². The molecular weight excluding hydrogens is 352 g/mol. The smallest absolute Gasteiger partial charge is 0.160 e. The summed E-state index contributed by atoms with van der Waals surface area (Å²) in [4.78, 5) is 0. The number of phenolic OH excluding ortho intramolecular Hbond substituents is 2. The Kier molecular flexibility index (Phi) is 5.46. The van der Waals surface area contributed by atoms with E-state index in [1.165, 1.54) is 26.4 Å². The largest absolute Gasteiger partial charge is 0.504 e. The van der Waals surface area contributed by atoms with Gasteiger partial charge in [-0.2, -0.15) is 0 Å². The quantitative estimate of drug-likeness (QED) is 0.608. The highest BCUT2D eigenvalue weighted by Crippen LogP contribution is 2.44. The Morgan fingerprint density at radius 2 is 1.67 bits per heavy atom. The van der Waals surface area contributed by atoms with Crippen molar-refractivity contribution in [2.24, 2.45) is 5.92 Å². The summed E-state index contributed by atoms with van der Waals surface area (Å²) in [5.41, 5.74) is 0.146. The summed E-state index contributed by atoms with van der Waals surface area (Å²) in [5, 5.41) is 40.6. The number of phenols is 2. The van der Waals surface area contributed by atoms with Gasteiger partial charge in [0.25, 0.3) is 0 Å². The van der Waals surface area contributed by atoms with Crippen LogP contribution in [-0.2, 0) is 11.2 Å². The summed E-state index contributed by atoms with van der Waals surface area (Å²) < 4.78 is 16.1. The van der Waals surface area contributed by atoms with Gasteiger partial charge >= 0.3 is 0 Å². The number of methoxy groups -OCH3 is 2. The highest BCUT2D eigenvalue weighted by molar-refractivity contribution is 5.44. The van der Waals surface area contributed by atoms with Crippen molar-refractivity contribution in [2.75, 3.05) is 27.4 Å². The molecule has 1 aliphatic rings. The standard InChI is InChI=1S/C20H24O7/c1-25-17-7-12(3-5-15(17)22)9-20(24)11-27-19(14(20)10-21)13-4-6-16(23)18(8-13)26-2/h3-8,14,19,21-24H,9-11H2,1-2H3/t14-,19-,20+/m1/s1. The van der Waals surface area contributed by atoms with Crippen LogP contribution in [-0.4, -0.2) is 53.5 Å². The lowest BCUT2D eigenvalue weighted by atomic mass is 9.80. The molecule has 1 saturated heterocycles. The third-order valence-corrected chi connectivity index (χ3v) is 5.05. The van der Waals surface area contributed by atoms with Gasteiger partial charge in [0.05, 0.1) is 39.1 Å². The molecule has 4 N–H and O–H groups in total. The van der Waals surface area contributed by atoms with Gasteiger partial charge in [0, 0.05) is 12.3 Å². The average Bonchev–Trinajstić information content (AvgIpc) is 2.99. The Balaban J connectivity index is 1.87. The number of rotatable bonds is 6. The second kappa shape index (κ2) is 7.64. The second-order valence-electron chi connectivity index (χ2n) is 6.74. The summed E-state index contributed by atoms with van der Waals surface area (Å²) in [5.74, 6) is 0.0587. The molecule has 2 aromatic carbocycles. The van der Waals surface area contributed by atoms with Gasteiger partial charge in [-0.3, -0.25) is 0 Å². The molecule has 0 amide bonds. The number of aliphatic hydroxyl groups is 2. The Labute approximate surface area is 157 Å². The first-order valence-electron chi connectivity index (χ1n) is 8.59. The van der Waals surface area contributed by atoms with Crippen LogP contribution in [0.5, 0.6) is 23.0 Å². The number of aromatic hydroxyl groups is 2. The van der Waals surface area contributed by atoms with Gasteiger partial charge in [-0.1, -0.05) is 12.1 Å². The van der Waals surface area contributed by atoms with Crippen molar-refractivity contribution in [3.8, 4) is 23.0 Å². The Morgan fingerprint density at radius 1 is 1.04 bits per heavy atom. The minimum atomic E-state index is -1.30. The van der Waals surface area contributed by atoms with Gasteiger partial charge in [-0.25, -0.2) is 0 Å². The van der Waals surface area contributed by atoms with Crippen LogP contribution in [0.15, 0.2) is 36.4 Å². The molecule has 146 valence electrons. The van der Waals surface area contributed by atoms with Crippen molar-refractivity contribution in [1.82, 2.24) is 0 Å². The van der Waals surface area contributed by atoms with Crippen LogP contribution in [0.2, 0.25) is 0 Å². The van der Waals surface area contributed by atoms with Crippen LogP contribution < -0.4 is 9.47 Å². The first kappa shape index (κ1) is 19.3. The molecule has 2 aromatic rings. The van der Waals surface area contributed by atoms with Crippen molar-refractivity contribution in [3.05, 3.63) is 47.5 Å². The van der Waals surface area contributed by atoms with E-state index in [9.17, 15) is 20.4 Å². The fourth-order valence-electron chi connectivity index (χ4n) is 3.57. The molecule has 1 fully saturated rings. The molecule has 3 rings (SSSR count). The van der Waals surface area contributed by atoms with Crippen molar-refractivity contribution in [3.63, 3.8) is 0 Å². The fourth-order valence-corrected chi connectivity index (χ4v) is 3.57. The number of hydrogen-bond acceptors (Lipinski definition) is 7. The zero-order valence-electron chi connectivity index (χ0n) is 15.3. The normalized spacial score (nSPS) is 24.7. The van der Waals surface area contributed by atoms with Crippen LogP contribution in [0, 0.1) is 5.92 Å². The third kappa shape index (κ3) is 3.66. The van der Waals surface area contributed by atoms with E-state index in [1.807, 2.05) is 0 Å². The number of aliphatic hydroxyl groups excluding tert-OH is 1. The third-order valence-electron chi connectivity index (χ3n) is 5.05. The number of benzene rings is 2. The van der Waals surface area contributed by atoms with Crippen LogP contribution in [0.25, 0.3) is 0 Å². The molecule has 0 spiro atoms. The molecule has 0 saturated carbocycles. The van der Waals surface area contributed by atoms with Gasteiger partial charge < -0.3 is 34.6 Å². The fraction of sp³-hybridized carbons (Fsp3) is 0.400. The van der Waals surface area contributed by atoms with Crippen molar-refractivity contribution in [2.45, 2.75) is 18.1 Å². The SMILES string of the molecule is COc1cc(C[C@]2(O)CO[C@H](c3ccc(O)c(OC)c3)[C@H]2CO)ccc1O. The highest BCUT2D eigenvalue weighted by Gasteiger charge is 2.49. The van der Waals surface area contributed by atoms with Crippen LogP contribution in [0.4, 0.5) is 0 Å².